The molecule has 0 fully saturated rings. The van der Waals surface area contributed by atoms with E-state index in [4.69, 9.17) is 0 Å². The summed E-state index contributed by atoms with van der Waals surface area (Å²) in [5.74, 6) is -1.30. The Morgan fingerprint density at radius 1 is 1.17 bits per heavy atom. The zero-order valence-corrected chi connectivity index (χ0v) is 23.8. The molecule has 0 aromatic heterocycles. The molecule has 1 aromatic carbocycles. The van der Waals surface area contributed by atoms with Crippen LogP contribution in [0.15, 0.2) is 57.0 Å². The van der Waals surface area contributed by atoms with Crippen LogP contribution >= 0.6 is 0 Å². The highest BCUT2D eigenvalue weighted by molar-refractivity contribution is 6.08. The van der Waals surface area contributed by atoms with Gasteiger partial charge in [-0.2, -0.15) is 10.2 Å². The number of aryl methyl sites for hydroxylation is 1. The van der Waals surface area contributed by atoms with Gasteiger partial charge in [-0.25, -0.2) is 0 Å². The van der Waals surface area contributed by atoms with Crippen molar-refractivity contribution in [3.63, 3.8) is 0 Å². The van der Waals surface area contributed by atoms with E-state index < -0.39 is 18.1 Å². The SMILES string of the molecule is CC[C@H](C)[C@@H](C(=O)N[C@H]1CCc2cccc3c2N(C1=O)[C@H](C(=O)NCC1=CCN=N1)C3)N(C)C(=O)CC1=CCC=N1. The van der Waals surface area contributed by atoms with Crippen molar-refractivity contribution in [2.45, 2.75) is 70.5 Å². The summed E-state index contributed by atoms with van der Waals surface area (Å²) in [6, 6.07) is 3.55. The predicted molar refractivity (Wildman–Crippen MR) is 154 cm³/mol. The molecule has 4 aliphatic rings. The second-order valence-electron chi connectivity index (χ2n) is 11.0. The van der Waals surface area contributed by atoms with Gasteiger partial charge in [0, 0.05) is 31.8 Å². The quantitative estimate of drug-likeness (QED) is 0.455. The van der Waals surface area contributed by atoms with Crippen LogP contribution in [-0.4, -0.2) is 73.0 Å². The standard InChI is InChI=1S/C30H37N7O4/c1-4-18(2)26(36(3)25(38)16-21-9-6-13-31-21)29(40)34-23-11-10-19-7-5-8-20-15-24(37(27(19)20)30(23)41)28(39)32-17-22-12-14-33-35-22/h5,7-9,12-13,18,23-24,26H,4,6,10-11,14-17H2,1-3H3,(H,32,39)(H,34,40)/t18-,23-,24-,26-/m0/s1. The molecule has 41 heavy (non-hydrogen) atoms. The zero-order valence-electron chi connectivity index (χ0n) is 23.8. The van der Waals surface area contributed by atoms with Crippen LogP contribution in [0.2, 0.25) is 0 Å². The summed E-state index contributed by atoms with van der Waals surface area (Å²) in [6.45, 7) is 4.64. The maximum Gasteiger partial charge on any atom is 0.250 e. The van der Waals surface area contributed by atoms with Gasteiger partial charge in [-0.3, -0.25) is 29.1 Å². The maximum absolute atomic E-state index is 14.1. The van der Waals surface area contributed by atoms with E-state index in [-0.39, 0.29) is 42.5 Å². The third kappa shape index (κ3) is 5.84. The lowest BCUT2D eigenvalue weighted by Crippen LogP contribution is -2.58. The molecule has 0 spiro atoms. The first-order valence-corrected chi connectivity index (χ1v) is 14.3. The number of carbonyl (C=O) groups is 4. The fraction of sp³-hybridized carbons (Fsp3) is 0.500. The highest BCUT2D eigenvalue weighted by Crippen LogP contribution is 2.39. The molecule has 0 saturated heterocycles. The molecule has 216 valence electrons. The first-order valence-electron chi connectivity index (χ1n) is 14.3. The number of aliphatic imine (C=N–C) groups is 1. The number of hydrogen-bond donors (Lipinski definition) is 2. The van der Waals surface area contributed by atoms with Gasteiger partial charge >= 0.3 is 0 Å². The van der Waals surface area contributed by atoms with Gasteiger partial charge in [-0.05, 0) is 36.0 Å². The molecule has 2 N–H and O–H groups in total. The Kier molecular flexibility index (Phi) is 8.41. The van der Waals surface area contributed by atoms with Crippen molar-refractivity contribution in [2.75, 3.05) is 25.0 Å². The van der Waals surface area contributed by atoms with E-state index in [1.54, 1.807) is 18.2 Å². The minimum absolute atomic E-state index is 0.122. The number of carbonyl (C=O) groups excluding carboxylic acids is 4. The summed E-state index contributed by atoms with van der Waals surface area (Å²) in [4.78, 5) is 61.6. The van der Waals surface area contributed by atoms with Crippen LogP contribution in [0.4, 0.5) is 5.69 Å². The number of amides is 4. The lowest BCUT2D eigenvalue weighted by Gasteiger charge is -2.33. The normalized spacial score (nSPS) is 22.0. The number of benzene rings is 1. The van der Waals surface area contributed by atoms with E-state index in [1.165, 1.54) is 4.90 Å². The monoisotopic (exact) mass is 559 g/mol. The number of nitrogens with one attached hydrogen (secondary N) is 2. The van der Waals surface area contributed by atoms with Gasteiger partial charge in [0.15, 0.2) is 0 Å². The van der Waals surface area contributed by atoms with Gasteiger partial charge in [0.25, 0.3) is 0 Å². The average Bonchev–Trinajstić information content (AvgIpc) is 3.73. The average molecular weight is 560 g/mol. The molecular weight excluding hydrogens is 522 g/mol. The van der Waals surface area contributed by atoms with Gasteiger partial charge in [0.05, 0.1) is 30.9 Å². The van der Waals surface area contributed by atoms with Crippen LogP contribution in [0.5, 0.6) is 0 Å². The molecule has 11 nitrogen and oxygen atoms in total. The summed E-state index contributed by atoms with van der Waals surface area (Å²) in [5.41, 5.74) is 4.07. The van der Waals surface area contributed by atoms with Crippen LogP contribution in [0.1, 0.15) is 50.7 Å². The van der Waals surface area contributed by atoms with E-state index in [0.29, 0.717) is 50.0 Å². The van der Waals surface area contributed by atoms with Crippen LogP contribution in [0.25, 0.3) is 0 Å². The number of para-hydroxylation sites is 1. The Labute approximate surface area is 239 Å². The third-order valence-corrected chi connectivity index (χ3v) is 8.39. The van der Waals surface area contributed by atoms with Crippen LogP contribution in [0, 0.1) is 5.92 Å². The first-order chi connectivity index (χ1) is 19.8. The van der Waals surface area contributed by atoms with Crippen molar-refractivity contribution in [1.29, 1.82) is 0 Å². The number of hydrogen-bond acceptors (Lipinski definition) is 7. The second kappa shape index (κ2) is 12.2. The summed E-state index contributed by atoms with van der Waals surface area (Å²) in [7, 11) is 1.63. The van der Waals surface area contributed by atoms with Crippen LogP contribution in [0.3, 0.4) is 0 Å². The minimum Gasteiger partial charge on any atom is -0.349 e. The summed E-state index contributed by atoms with van der Waals surface area (Å²) >= 11 is 0. The van der Waals surface area contributed by atoms with Gasteiger partial charge < -0.3 is 15.5 Å². The molecule has 0 unspecified atom stereocenters. The minimum atomic E-state index is -0.834. The molecule has 0 radical (unpaired) electrons. The smallest absolute Gasteiger partial charge is 0.250 e. The van der Waals surface area contributed by atoms with E-state index in [0.717, 1.165) is 16.8 Å². The number of anilines is 1. The number of nitrogens with zero attached hydrogens (tertiary/aromatic N) is 5. The highest BCUT2D eigenvalue weighted by atomic mass is 16.2. The highest BCUT2D eigenvalue weighted by Gasteiger charge is 2.44. The molecule has 4 heterocycles. The van der Waals surface area contributed by atoms with Gasteiger partial charge in [0.1, 0.15) is 18.1 Å². The summed E-state index contributed by atoms with van der Waals surface area (Å²) in [6.07, 6.45) is 8.37. The fourth-order valence-corrected chi connectivity index (χ4v) is 5.96. The number of likely N-dealkylation sites (N-methyl/N-ethyl adjacent to an activating group) is 1. The molecule has 0 aliphatic carbocycles. The van der Waals surface area contributed by atoms with Crippen LogP contribution < -0.4 is 15.5 Å². The predicted octanol–water partition coefficient (Wildman–Crippen LogP) is 2.46. The summed E-state index contributed by atoms with van der Waals surface area (Å²) < 4.78 is 0. The van der Waals surface area contributed by atoms with Crippen molar-refractivity contribution >= 4 is 35.5 Å². The summed E-state index contributed by atoms with van der Waals surface area (Å²) in [5, 5.41) is 13.8. The molecule has 5 rings (SSSR count). The molecule has 0 saturated carbocycles. The zero-order chi connectivity index (χ0) is 29.1. The van der Waals surface area contributed by atoms with Crippen molar-refractivity contribution in [2.24, 2.45) is 21.1 Å². The van der Waals surface area contributed by atoms with Gasteiger partial charge in [0.2, 0.25) is 23.6 Å². The Morgan fingerprint density at radius 3 is 2.68 bits per heavy atom. The van der Waals surface area contributed by atoms with E-state index in [9.17, 15) is 19.2 Å². The first kappa shape index (κ1) is 28.4. The van der Waals surface area contributed by atoms with Crippen molar-refractivity contribution in [3.8, 4) is 0 Å². The molecule has 11 heteroatoms. The van der Waals surface area contributed by atoms with Crippen molar-refractivity contribution in [1.82, 2.24) is 15.5 Å². The molecule has 0 bridgehead atoms. The largest absolute Gasteiger partial charge is 0.349 e. The topological polar surface area (TPSA) is 136 Å². The van der Waals surface area contributed by atoms with Gasteiger partial charge in [-0.1, -0.05) is 44.5 Å². The molecule has 4 atom stereocenters. The van der Waals surface area contributed by atoms with E-state index in [1.807, 2.05) is 44.2 Å². The maximum atomic E-state index is 14.1. The Morgan fingerprint density at radius 2 is 1.98 bits per heavy atom. The number of allylic oxidation sites excluding steroid dienone is 1. The third-order valence-electron chi connectivity index (χ3n) is 8.39. The number of azo groups is 1. The van der Waals surface area contributed by atoms with Crippen molar-refractivity contribution < 1.29 is 19.2 Å². The van der Waals surface area contributed by atoms with E-state index >= 15 is 0 Å². The lowest BCUT2D eigenvalue weighted by molar-refractivity contribution is -0.141. The van der Waals surface area contributed by atoms with Gasteiger partial charge in [-0.15, -0.1) is 0 Å². The Bertz CT molecular complexity index is 1360. The molecule has 4 aliphatic heterocycles. The van der Waals surface area contributed by atoms with Crippen LogP contribution in [-0.2, 0) is 32.0 Å². The molecule has 4 amide bonds. The second-order valence-corrected chi connectivity index (χ2v) is 11.0. The lowest BCUT2D eigenvalue weighted by atomic mass is 9.95. The fourth-order valence-electron chi connectivity index (χ4n) is 5.96. The Hall–Kier alpha value is -4.15. The molecular formula is C30H37N7O4. The Balaban J connectivity index is 1.34. The van der Waals surface area contributed by atoms with E-state index in [2.05, 4.69) is 25.9 Å². The van der Waals surface area contributed by atoms with Crippen molar-refractivity contribution in [3.05, 3.63) is 52.9 Å². The number of rotatable bonds is 10. The molecule has 1 aromatic rings.